The van der Waals surface area contributed by atoms with Gasteiger partial charge in [0.05, 0.1) is 23.4 Å². The third-order valence-electron chi connectivity index (χ3n) is 5.98. The Balaban J connectivity index is 1.47. The van der Waals surface area contributed by atoms with Crippen LogP contribution in [-0.4, -0.2) is 42.0 Å². The van der Waals surface area contributed by atoms with Gasteiger partial charge >= 0.3 is 0 Å². The van der Waals surface area contributed by atoms with E-state index in [-0.39, 0.29) is 29.6 Å². The SMILES string of the molecule is NC[C@@H]1CN[C@@H](C(=O)NC(CCc2ccccc2)C(=O)Nc2cnc3ccc(F)cc3c2)C1. The zero-order valence-corrected chi connectivity index (χ0v) is 18.3. The maximum atomic E-state index is 13.6. The number of pyridine rings is 1. The van der Waals surface area contributed by atoms with Crippen molar-refractivity contribution in [3.8, 4) is 0 Å². The second-order valence-corrected chi connectivity index (χ2v) is 8.43. The zero-order valence-electron chi connectivity index (χ0n) is 18.3. The molecule has 5 N–H and O–H groups in total. The highest BCUT2D eigenvalue weighted by Gasteiger charge is 2.31. The van der Waals surface area contributed by atoms with Crippen LogP contribution < -0.4 is 21.7 Å². The average molecular weight is 450 g/mol. The van der Waals surface area contributed by atoms with E-state index in [1.807, 2.05) is 30.3 Å². The Morgan fingerprint density at radius 2 is 2.00 bits per heavy atom. The Hall–Kier alpha value is -3.36. The van der Waals surface area contributed by atoms with Gasteiger partial charge < -0.3 is 21.7 Å². The van der Waals surface area contributed by atoms with Crippen LogP contribution in [0.3, 0.4) is 0 Å². The lowest BCUT2D eigenvalue weighted by Gasteiger charge is -2.21. The molecule has 0 radical (unpaired) electrons. The monoisotopic (exact) mass is 449 g/mol. The lowest BCUT2D eigenvalue weighted by Crippen LogP contribution is -2.50. The van der Waals surface area contributed by atoms with Crippen LogP contribution in [0.1, 0.15) is 18.4 Å². The lowest BCUT2D eigenvalue weighted by atomic mass is 10.0. The maximum absolute atomic E-state index is 13.6. The van der Waals surface area contributed by atoms with E-state index >= 15 is 0 Å². The highest BCUT2D eigenvalue weighted by Crippen LogP contribution is 2.19. The Morgan fingerprint density at radius 3 is 2.76 bits per heavy atom. The van der Waals surface area contributed by atoms with E-state index in [4.69, 9.17) is 5.73 Å². The largest absolute Gasteiger partial charge is 0.343 e. The van der Waals surface area contributed by atoms with Gasteiger partial charge in [-0.15, -0.1) is 0 Å². The van der Waals surface area contributed by atoms with Crippen LogP contribution in [0.25, 0.3) is 10.9 Å². The molecule has 2 aromatic carbocycles. The molecule has 1 fully saturated rings. The van der Waals surface area contributed by atoms with E-state index in [2.05, 4.69) is 20.9 Å². The van der Waals surface area contributed by atoms with E-state index in [0.29, 0.717) is 48.9 Å². The fourth-order valence-electron chi connectivity index (χ4n) is 4.09. The summed E-state index contributed by atoms with van der Waals surface area (Å²) < 4.78 is 13.6. The third-order valence-corrected chi connectivity index (χ3v) is 5.98. The number of benzene rings is 2. The van der Waals surface area contributed by atoms with Gasteiger partial charge in [-0.05, 0) is 68.1 Å². The molecule has 1 aliphatic heterocycles. The molecule has 0 spiro atoms. The Labute approximate surface area is 192 Å². The molecular weight excluding hydrogens is 421 g/mol. The van der Waals surface area contributed by atoms with Crippen molar-refractivity contribution >= 4 is 28.4 Å². The van der Waals surface area contributed by atoms with Crippen molar-refractivity contribution in [2.45, 2.75) is 31.3 Å². The van der Waals surface area contributed by atoms with Gasteiger partial charge in [-0.3, -0.25) is 14.6 Å². The Morgan fingerprint density at radius 1 is 1.18 bits per heavy atom. The zero-order chi connectivity index (χ0) is 23.2. The summed E-state index contributed by atoms with van der Waals surface area (Å²) in [6.45, 7) is 1.21. The quantitative estimate of drug-likeness (QED) is 0.422. The third kappa shape index (κ3) is 5.91. The number of nitrogens with zero attached hydrogens (tertiary/aromatic N) is 1. The molecule has 2 amide bonds. The van der Waals surface area contributed by atoms with E-state index in [0.717, 1.165) is 5.56 Å². The molecule has 1 saturated heterocycles. The van der Waals surface area contributed by atoms with Crippen molar-refractivity contribution in [1.29, 1.82) is 0 Å². The molecule has 1 aliphatic rings. The maximum Gasteiger partial charge on any atom is 0.247 e. The number of carbonyl (C=O) groups excluding carboxylic acids is 2. The predicted molar refractivity (Wildman–Crippen MR) is 126 cm³/mol. The number of hydrogen-bond donors (Lipinski definition) is 4. The second-order valence-electron chi connectivity index (χ2n) is 8.43. The summed E-state index contributed by atoms with van der Waals surface area (Å²) in [5.41, 5.74) is 7.88. The van der Waals surface area contributed by atoms with Gasteiger partial charge in [0.15, 0.2) is 0 Å². The van der Waals surface area contributed by atoms with E-state index in [1.54, 1.807) is 12.1 Å². The number of nitrogens with two attached hydrogens (primary N) is 1. The van der Waals surface area contributed by atoms with Crippen molar-refractivity contribution in [1.82, 2.24) is 15.6 Å². The number of anilines is 1. The number of aromatic nitrogens is 1. The summed E-state index contributed by atoms with van der Waals surface area (Å²) in [6, 6.07) is 14.7. The summed E-state index contributed by atoms with van der Waals surface area (Å²) >= 11 is 0. The fourth-order valence-corrected chi connectivity index (χ4v) is 4.09. The number of hydrogen-bond acceptors (Lipinski definition) is 5. The van der Waals surface area contributed by atoms with Gasteiger partial charge in [0.25, 0.3) is 0 Å². The highest BCUT2D eigenvalue weighted by atomic mass is 19.1. The van der Waals surface area contributed by atoms with E-state index < -0.39 is 6.04 Å². The molecule has 4 rings (SSSR count). The number of carbonyl (C=O) groups is 2. The Kier molecular flexibility index (Phi) is 7.26. The van der Waals surface area contributed by atoms with Crippen LogP contribution in [0.4, 0.5) is 10.1 Å². The minimum absolute atomic E-state index is 0.210. The van der Waals surface area contributed by atoms with Crippen LogP contribution in [0.5, 0.6) is 0 Å². The molecule has 1 unspecified atom stereocenters. The first kappa shape index (κ1) is 22.8. The van der Waals surface area contributed by atoms with Gasteiger partial charge in [-0.25, -0.2) is 4.39 Å². The Bertz CT molecular complexity index is 1120. The molecule has 3 aromatic rings. The van der Waals surface area contributed by atoms with E-state index in [9.17, 15) is 14.0 Å². The molecule has 2 heterocycles. The smallest absolute Gasteiger partial charge is 0.247 e. The van der Waals surface area contributed by atoms with Gasteiger partial charge in [0, 0.05) is 5.39 Å². The molecule has 8 heteroatoms. The van der Waals surface area contributed by atoms with Crippen LogP contribution in [-0.2, 0) is 16.0 Å². The van der Waals surface area contributed by atoms with Gasteiger partial charge in [-0.1, -0.05) is 30.3 Å². The standard InChI is InChI=1S/C25H28FN5O2/c26-19-7-9-21-18(11-19)12-20(15-29-21)30-24(32)22(8-6-16-4-2-1-3-5-16)31-25(33)23-10-17(13-27)14-28-23/h1-5,7,9,11-12,15,17,22-23,28H,6,8,10,13-14,27H2,(H,30,32)(H,31,33)/t17-,22?,23-/m1/s1. The number of halogens is 1. The van der Waals surface area contributed by atoms with E-state index in [1.165, 1.54) is 18.3 Å². The van der Waals surface area contributed by atoms with Crippen LogP contribution in [0.2, 0.25) is 0 Å². The first-order chi connectivity index (χ1) is 16.0. The molecule has 3 atom stereocenters. The summed E-state index contributed by atoms with van der Waals surface area (Å²) in [5, 5.41) is 9.50. The summed E-state index contributed by atoms with van der Waals surface area (Å²) in [6.07, 6.45) is 3.24. The van der Waals surface area contributed by atoms with Crippen molar-refractivity contribution in [3.05, 3.63) is 72.2 Å². The van der Waals surface area contributed by atoms with Crippen molar-refractivity contribution < 1.29 is 14.0 Å². The first-order valence-electron chi connectivity index (χ1n) is 11.2. The van der Waals surface area contributed by atoms with Crippen molar-refractivity contribution in [2.24, 2.45) is 11.7 Å². The number of fused-ring (bicyclic) bond motifs is 1. The van der Waals surface area contributed by atoms with Crippen LogP contribution >= 0.6 is 0 Å². The summed E-state index contributed by atoms with van der Waals surface area (Å²) in [7, 11) is 0. The molecule has 0 bridgehead atoms. The summed E-state index contributed by atoms with van der Waals surface area (Å²) in [5.74, 6) is -0.676. The fraction of sp³-hybridized carbons (Fsp3) is 0.320. The van der Waals surface area contributed by atoms with Crippen molar-refractivity contribution in [3.63, 3.8) is 0 Å². The number of nitrogens with one attached hydrogen (secondary N) is 3. The first-order valence-corrected chi connectivity index (χ1v) is 11.2. The highest BCUT2D eigenvalue weighted by molar-refractivity contribution is 5.99. The molecule has 172 valence electrons. The van der Waals surface area contributed by atoms with Crippen LogP contribution in [0, 0.1) is 11.7 Å². The molecule has 0 aliphatic carbocycles. The topological polar surface area (TPSA) is 109 Å². The molecular formula is C25H28FN5O2. The van der Waals surface area contributed by atoms with Crippen LogP contribution in [0.15, 0.2) is 60.8 Å². The van der Waals surface area contributed by atoms with Gasteiger partial charge in [0.2, 0.25) is 11.8 Å². The summed E-state index contributed by atoms with van der Waals surface area (Å²) in [4.78, 5) is 30.3. The molecule has 33 heavy (non-hydrogen) atoms. The predicted octanol–water partition coefficient (Wildman–Crippen LogP) is 2.37. The van der Waals surface area contributed by atoms with Crippen molar-refractivity contribution in [2.75, 3.05) is 18.4 Å². The number of rotatable bonds is 8. The molecule has 1 aromatic heterocycles. The molecule has 0 saturated carbocycles. The molecule has 7 nitrogen and oxygen atoms in total. The number of aryl methyl sites for hydroxylation is 1. The van der Waals surface area contributed by atoms with Gasteiger partial charge in [-0.2, -0.15) is 0 Å². The minimum atomic E-state index is -0.736. The lowest BCUT2D eigenvalue weighted by molar-refractivity contribution is -0.127. The van der Waals surface area contributed by atoms with Gasteiger partial charge in [0.1, 0.15) is 11.9 Å². The minimum Gasteiger partial charge on any atom is -0.343 e. The number of amides is 2. The normalized spacial score (nSPS) is 18.7. The second kappa shape index (κ2) is 10.5. The average Bonchev–Trinajstić information content (AvgIpc) is 3.31.